The summed E-state index contributed by atoms with van der Waals surface area (Å²) in [6, 6.07) is 13.4. The van der Waals surface area contributed by atoms with Gasteiger partial charge in [0.25, 0.3) is 0 Å². The number of amides is 1. The Morgan fingerprint density at radius 1 is 0.929 bits per heavy atom. The van der Waals surface area contributed by atoms with E-state index in [0.717, 1.165) is 45.4 Å². The van der Waals surface area contributed by atoms with Gasteiger partial charge >= 0.3 is 0 Å². The fourth-order valence-electron chi connectivity index (χ4n) is 4.64. The third-order valence-corrected chi connectivity index (χ3v) is 6.77. The molecule has 1 amide bonds. The molecule has 0 atom stereocenters. The van der Waals surface area contributed by atoms with E-state index >= 15 is 0 Å². The van der Waals surface area contributed by atoms with E-state index in [1.165, 1.54) is 29.7 Å². The second-order valence-corrected chi connectivity index (χ2v) is 8.78. The van der Waals surface area contributed by atoms with Crippen LogP contribution in [-0.4, -0.2) is 42.0 Å². The molecule has 4 heteroatoms. The topological polar surface area (TPSA) is 36.4 Å². The average molecular weight is 376 g/mol. The fraction of sp³-hybridized carbons (Fsp3) is 0.500. The van der Waals surface area contributed by atoms with Crippen LogP contribution in [-0.2, 0) is 4.79 Å². The summed E-state index contributed by atoms with van der Waals surface area (Å²) in [7, 11) is 0. The van der Waals surface area contributed by atoms with Gasteiger partial charge in [-0.05, 0) is 66.8 Å². The van der Waals surface area contributed by atoms with Crippen LogP contribution in [0.25, 0.3) is 0 Å². The van der Waals surface area contributed by atoms with Gasteiger partial charge in [0.05, 0.1) is 0 Å². The molecular weight excluding hydrogens is 346 g/mol. The number of hydrogen-bond donors (Lipinski definition) is 0. The number of likely N-dealkylation sites (tertiary alicyclic amines) is 1. The predicted octanol–water partition coefficient (Wildman–Crippen LogP) is 4.19. The van der Waals surface area contributed by atoms with Crippen LogP contribution in [0.3, 0.4) is 0 Å². The Bertz CT molecular complexity index is 802. The second kappa shape index (κ2) is 7.57. The molecule has 1 aromatic heterocycles. The van der Waals surface area contributed by atoms with Crippen molar-refractivity contribution in [1.29, 1.82) is 0 Å². The first kappa shape index (κ1) is 17.7. The molecule has 1 saturated carbocycles. The van der Waals surface area contributed by atoms with E-state index in [1.807, 2.05) is 18.5 Å². The second-order valence-electron chi connectivity index (χ2n) is 8.78. The summed E-state index contributed by atoms with van der Waals surface area (Å²) in [5.41, 5.74) is 4.10. The molecule has 3 aliphatic rings. The fourth-order valence-corrected chi connectivity index (χ4v) is 4.64. The molecule has 5 rings (SSSR count). The Morgan fingerprint density at radius 2 is 1.68 bits per heavy atom. The van der Waals surface area contributed by atoms with Crippen molar-refractivity contribution in [2.45, 2.75) is 43.9 Å². The van der Waals surface area contributed by atoms with Gasteiger partial charge in [0, 0.05) is 56.6 Å². The van der Waals surface area contributed by atoms with Crippen LogP contribution in [0, 0.1) is 5.92 Å². The normalized spacial score (nSPS) is 20.9. The molecular formula is C24H29N3O. The monoisotopic (exact) mass is 375 g/mol. The molecule has 2 saturated heterocycles. The number of nitrogens with zero attached hydrogens (tertiary/aromatic N) is 3. The highest BCUT2D eigenvalue weighted by molar-refractivity contribution is 5.76. The molecule has 2 aliphatic heterocycles. The van der Waals surface area contributed by atoms with Crippen molar-refractivity contribution >= 4 is 11.6 Å². The van der Waals surface area contributed by atoms with Gasteiger partial charge in [-0.2, -0.15) is 0 Å². The lowest BCUT2D eigenvalue weighted by Gasteiger charge is -2.41. The number of carbonyl (C=O) groups is 1. The minimum Gasteiger partial charge on any atom is -0.370 e. The molecule has 2 aromatic rings. The van der Waals surface area contributed by atoms with Crippen LogP contribution in [0.5, 0.6) is 0 Å². The van der Waals surface area contributed by atoms with E-state index in [0.29, 0.717) is 23.7 Å². The summed E-state index contributed by atoms with van der Waals surface area (Å²) in [5.74, 6) is 2.28. The largest absolute Gasteiger partial charge is 0.370 e. The number of rotatable bonds is 5. The van der Waals surface area contributed by atoms with Crippen LogP contribution >= 0.6 is 0 Å². The minimum atomic E-state index is 0.386. The van der Waals surface area contributed by atoms with Crippen LogP contribution in [0.1, 0.15) is 55.1 Å². The lowest BCUT2D eigenvalue weighted by atomic mass is 9.88. The summed E-state index contributed by atoms with van der Waals surface area (Å²) in [6.45, 7) is 4.01. The van der Waals surface area contributed by atoms with Crippen molar-refractivity contribution in [3.8, 4) is 0 Å². The molecule has 0 N–H and O–H groups in total. The maximum Gasteiger partial charge on any atom is 0.222 e. The maximum atomic E-state index is 12.3. The first-order chi connectivity index (χ1) is 13.8. The summed E-state index contributed by atoms with van der Waals surface area (Å²) in [6.07, 6.45) is 9.34. The first-order valence-electron chi connectivity index (χ1n) is 10.8. The molecule has 1 aliphatic carbocycles. The summed E-state index contributed by atoms with van der Waals surface area (Å²) in [5, 5.41) is 0. The molecule has 1 aromatic carbocycles. The zero-order valence-corrected chi connectivity index (χ0v) is 16.5. The zero-order chi connectivity index (χ0) is 18.9. The number of hydrogen-bond acceptors (Lipinski definition) is 3. The Kier molecular flexibility index (Phi) is 4.79. The Morgan fingerprint density at radius 3 is 2.32 bits per heavy atom. The highest BCUT2D eigenvalue weighted by Gasteiger charge is 2.30. The van der Waals surface area contributed by atoms with Gasteiger partial charge in [0.1, 0.15) is 0 Å². The number of piperidine rings is 1. The van der Waals surface area contributed by atoms with Crippen molar-refractivity contribution in [2.75, 3.05) is 31.1 Å². The van der Waals surface area contributed by atoms with Crippen LogP contribution in [0.2, 0.25) is 0 Å². The highest BCUT2D eigenvalue weighted by atomic mass is 16.2. The standard InChI is InChI=1S/C24H29N3O/c28-24(14-18-3-4-18)26-12-9-20(10-13-26)19-5-7-23(8-6-19)27-16-22(17-27)21-2-1-11-25-15-21/h1-2,5-8,11,15,18,20,22H,3-4,9-10,12-14,16-17H2. The van der Waals surface area contributed by atoms with Gasteiger partial charge < -0.3 is 9.80 Å². The average Bonchev–Trinajstić information content (AvgIpc) is 3.52. The van der Waals surface area contributed by atoms with Crippen molar-refractivity contribution in [3.05, 3.63) is 59.9 Å². The third-order valence-electron chi connectivity index (χ3n) is 6.77. The Balaban J connectivity index is 1.13. The van der Waals surface area contributed by atoms with Gasteiger partial charge in [0.2, 0.25) is 5.91 Å². The summed E-state index contributed by atoms with van der Waals surface area (Å²) < 4.78 is 0. The summed E-state index contributed by atoms with van der Waals surface area (Å²) in [4.78, 5) is 21.1. The smallest absolute Gasteiger partial charge is 0.222 e. The molecule has 28 heavy (non-hydrogen) atoms. The number of aromatic nitrogens is 1. The van der Waals surface area contributed by atoms with Crippen molar-refractivity contribution in [2.24, 2.45) is 5.92 Å². The van der Waals surface area contributed by atoms with Crippen molar-refractivity contribution in [3.63, 3.8) is 0 Å². The molecule has 3 heterocycles. The van der Waals surface area contributed by atoms with Crippen LogP contribution < -0.4 is 4.90 Å². The quantitative estimate of drug-likeness (QED) is 0.786. The van der Waals surface area contributed by atoms with E-state index in [2.05, 4.69) is 45.1 Å². The van der Waals surface area contributed by atoms with E-state index in [9.17, 15) is 4.79 Å². The zero-order valence-electron chi connectivity index (χ0n) is 16.5. The van der Waals surface area contributed by atoms with E-state index in [1.54, 1.807) is 0 Å². The number of anilines is 1. The van der Waals surface area contributed by atoms with E-state index in [-0.39, 0.29) is 0 Å². The van der Waals surface area contributed by atoms with Crippen LogP contribution in [0.4, 0.5) is 5.69 Å². The van der Waals surface area contributed by atoms with Crippen molar-refractivity contribution < 1.29 is 4.79 Å². The molecule has 3 fully saturated rings. The van der Waals surface area contributed by atoms with Crippen molar-refractivity contribution in [1.82, 2.24) is 9.88 Å². The number of carbonyl (C=O) groups excluding carboxylic acids is 1. The molecule has 0 radical (unpaired) electrons. The highest BCUT2D eigenvalue weighted by Crippen LogP contribution is 2.35. The molecule has 0 bridgehead atoms. The lowest BCUT2D eigenvalue weighted by Crippen LogP contribution is -2.45. The van der Waals surface area contributed by atoms with Gasteiger partial charge in [-0.1, -0.05) is 18.2 Å². The molecule has 146 valence electrons. The minimum absolute atomic E-state index is 0.386. The maximum absolute atomic E-state index is 12.3. The molecule has 0 unspecified atom stereocenters. The lowest BCUT2D eigenvalue weighted by molar-refractivity contribution is -0.132. The predicted molar refractivity (Wildman–Crippen MR) is 112 cm³/mol. The Labute approximate surface area is 167 Å². The first-order valence-corrected chi connectivity index (χ1v) is 10.8. The van der Waals surface area contributed by atoms with E-state index in [4.69, 9.17) is 0 Å². The van der Waals surface area contributed by atoms with Gasteiger partial charge in [-0.25, -0.2) is 0 Å². The van der Waals surface area contributed by atoms with Gasteiger partial charge in [-0.15, -0.1) is 0 Å². The molecule has 4 nitrogen and oxygen atoms in total. The SMILES string of the molecule is O=C(CC1CC1)N1CCC(c2ccc(N3CC(c4cccnc4)C3)cc2)CC1. The number of benzene rings is 1. The van der Waals surface area contributed by atoms with Gasteiger partial charge in [0.15, 0.2) is 0 Å². The summed E-state index contributed by atoms with van der Waals surface area (Å²) >= 11 is 0. The van der Waals surface area contributed by atoms with E-state index < -0.39 is 0 Å². The third kappa shape index (κ3) is 3.78. The van der Waals surface area contributed by atoms with Gasteiger partial charge in [-0.3, -0.25) is 9.78 Å². The molecule has 0 spiro atoms. The number of pyridine rings is 1. The van der Waals surface area contributed by atoms with Crippen LogP contribution in [0.15, 0.2) is 48.8 Å². The Hall–Kier alpha value is -2.36.